The lowest BCUT2D eigenvalue weighted by Gasteiger charge is -2.26. The molecule has 6 nitrogen and oxygen atoms in total. The lowest BCUT2D eigenvalue weighted by atomic mass is 9.91. The highest BCUT2D eigenvalue weighted by atomic mass is 32.2. The number of carbonyl (C=O) groups is 1. The van der Waals surface area contributed by atoms with Gasteiger partial charge >= 0.3 is 0 Å². The molecular weight excluding hydrogens is 278 g/mol. The number of hydrogen-bond donors (Lipinski definition) is 3. The molecular formula is C13H19N3O3S. The van der Waals surface area contributed by atoms with Crippen molar-refractivity contribution in [1.82, 2.24) is 5.32 Å². The van der Waals surface area contributed by atoms with Gasteiger partial charge in [0.1, 0.15) is 0 Å². The number of benzene rings is 1. The van der Waals surface area contributed by atoms with Gasteiger partial charge in [0.15, 0.2) is 0 Å². The summed E-state index contributed by atoms with van der Waals surface area (Å²) in [6, 6.07) is 5.96. The summed E-state index contributed by atoms with van der Waals surface area (Å²) in [5, 5.41) is 11.0. The largest absolute Gasteiger partial charge is 0.326 e. The van der Waals surface area contributed by atoms with Crippen molar-refractivity contribution in [2.45, 2.75) is 18.2 Å². The van der Waals surface area contributed by atoms with Gasteiger partial charge in [0.25, 0.3) is 0 Å². The Labute approximate surface area is 118 Å². The lowest BCUT2D eigenvalue weighted by molar-refractivity contribution is -0.120. The highest BCUT2D eigenvalue weighted by molar-refractivity contribution is 7.89. The summed E-state index contributed by atoms with van der Waals surface area (Å²) in [6.07, 6.45) is 0.827. The molecule has 0 spiro atoms. The molecule has 0 bridgehead atoms. The van der Waals surface area contributed by atoms with E-state index in [0.29, 0.717) is 18.2 Å². The van der Waals surface area contributed by atoms with Crippen molar-refractivity contribution >= 4 is 21.6 Å². The van der Waals surface area contributed by atoms with E-state index in [0.717, 1.165) is 13.0 Å². The van der Waals surface area contributed by atoms with E-state index in [9.17, 15) is 13.2 Å². The normalized spacial score (nSPS) is 23.3. The summed E-state index contributed by atoms with van der Waals surface area (Å²) < 4.78 is 22.5. The molecule has 2 atom stereocenters. The molecule has 1 aromatic rings. The molecule has 1 amide bonds. The van der Waals surface area contributed by atoms with E-state index >= 15 is 0 Å². The first-order valence-electron chi connectivity index (χ1n) is 6.50. The van der Waals surface area contributed by atoms with Gasteiger partial charge in [-0.1, -0.05) is 13.0 Å². The van der Waals surface area contributed by atoms with Crippen molar-refractivity contribution in [2.24, 2.45) is 17.0 Å². The topological polar surface area (TPSA) is 101 Å². The maximum atomic E-state index is 12.1. The fourth-order valence-corrected chi connectivity index (χ4v) is 2.91. The monoisotopic (exact) mass is 297 g/mol. The number of rotatable bonds is 3. The van der Waals surface area contributed by atoms with Crippen LogP contribution in [0.5, 0.6) is 0 Å². The molecule has 0 aliphatic carbocycles. The molecule has 2 rings (SSSR count). The Bertz CT molecular complexity index is 601. The number of primary sulfonamides is 1. The fourth-order valence-electron chi connectivity index (χ4n) is 2.35. The molecule has 20 heavy (non-hydrogen) atoms. The second-order valence-corrected chi connectivity index (χ2v) is 6.82. The lowest BCUT2D eigenvalue weighted by Crippen LogP contribution is -2.40. The molecule has 4 N–H and O–H groups in total. The predicted molar refractivity (Wildman–Crippen MR) is 76.6 cm³/mol. The zero-order valence-electron chi connectivity index (χ0n) is 11.3. The number of carbonyl (C=O) groups excluding carboxylic acids is 1. The zero-order valence-corrected chi connectivity index (χ0v) is 12.1. The Hall–Kier alpha value is -1.44. The van der Waals surface area contributed by atoms with Crippen LogP contribution >= 0.6 is 0 Å². The van der Waals surface area contributed by atoms with Crippen LogP contribution in [0.4, 0.5) is 5.69 Å². The Morgan fingerprint density at radius 1 is 1.40 bits per heavy atom. The molecule has 1 aliphatic rings. The quantitative estimate of drug-likeness (QED) is 0.757. The maximum absolute atomic E-state index is 12.1. The molecule has 0 radical (unpaired) electrons. The van der Waals surface area contributed by atoms with E-state index < -0.39 is 10.0 Å². The van der Waals surface area contributed by atoms with Gasteiger partial charge in [0.2, 0.25) is 15.9 Å². The van der Waals surface area contributed by atoms with Crippen LogP contribution in [0.1, 0.15) is 13.3 Å². The number of hydrogen-bond acceptors (Lipinski definition) is 4. The zero-order chi connectivity index (χ0) is 14.8. The summed E-state index contributed by atoms with van der Waals surface area (Å²) in [5.74, 6) is 0.253. The maximum Gasteiger partial charge on any atom is 0.238 e. The van der Waals surface area contributed by atoms with E-state index in [-0.39, 0.29) is 16.7 Å². The van der Waals surface area contributed by atoms with Crippen LogP contribution in [0.25, 0.3) is 0 Å². The van der Waals surface area contributed by atoms with Gasteiger partial charge in [0, 0.05) is 12.2 Å². The Kier molecular flexibility index (Phi) is 4.42. The highest BCUT2D eigenvalue weighted by Crippen LogP contribution is 2.19. The van der Waals surface area contributed by atoms with E-state index in [2.05, 4.69) is 17.6 Å². The molecule has 2 unspecified atom stereocenters. The van der Waals surface area contributed by atoms with Gasteiger partial charge in [-0.15, -0.1) is 0 Å². The molecule has 1 aliphatic heterocycles. The van der Waals surface area contributed by atoms with Crippen LogP contribution in [0.3, 0.4) is 0 Å². The molecule has 7 heteroatoms. The summed E-state index contributed by atoms with van der Waals surface area (Å²) >= 11 is 0. The third kappa shape index (κ3) is 3.78. The van der Waals surface area contributed by atoms with E-state index in [1.807, 2.05) is 0 Å². The van der Waals surface area contributed by atoms with Crippen LogP contribution in [0.2, 0.25) is 0 Å². The highest BCUT2D eigenvalue weighted by Gasteiger charge is 2.24. The SMILES string of the molecule is CC1CNCC(C(=O)Nc2cccc(S(N)(=O)=O)c2)C1. The van der Waals surface area contributed by atoms with Crippen molar-refractivity contribution in [1.29, 1.82) is 0 Å². The average Bonchev–Trinajstić information content (AvgIpc) is 2.38. The molecule has 110 valence electrons. The minimum Gasteiger partial charge on any atom is -0.326 e. The Balaban J connectivity index is 2.08. The van der Waals surface area contributed by atoms with Gasteiger partial charge in [-0.25, -0.2) is 13.6 Å². The van der Waals surface area contributed by atoms with E-state index in [1.165, 1.54) is 12.1 Å². The van der Waals surface area contributed by atoms with Crippen molar-refractivity contribution < 1.29 is 13.2 Å². The number of sulfonamides is 1. The first-order chi connectivity index (χ1) is 9.36. The molecule has 1 aromatic carbocycles. The molecule has 1 heterocycles. The Morgan fingerprint density at radius 2 is 2.15 bits per heavy atom. The first kappa shape index (κ1) is 15.0. The van der Waals surface area contributed by atoms with Crippen molar-refractivity contribution in [3.8, 4) is 0 Å². The van der Waals surface area contributed by atoms with Crippen LogP contribution in [0, 0.1) is 11.8 Å². The minimum atomic E-state index is -3.76. The van der Waals surface area contributed by atoms with Crippen LogP contribution in [-0.4, -0.2) is 27.4 Å². The summed E-state index contributed by atoms with van der Waals surface area (Å²) in [4.78, 5) is 12.1. The summed E-state index contributed by atoms with van der Waals surface area (Å²) in [7, 11) is -3.76. The van der Waals surface area contributed by atoms with Crippen molar-refractivity contribution in [2.75, 3.05) is 18.4 Å². The van der Waals surface area contributed by atoms with E-state index in [4.69, 9.17) is 5.14 Å². The van der Waals surface area contributed by atoms with E-state index in [1.54, 1.807) is 12.1 Å². The van der Waals surface area contributed by atoms with Gasteiger partial charge in [-0.3, -0.25) is 4.79 Å². The number of piperidine rings is 1. The second kappa shape index (κ2) is 5.90. The predicted octanol–water partition coefficient (Wildman–Crippen LogP) is 0.518. The number of nitrogens with two attached hydrogens (primary N) is 1. The molecule has 1 fully saturated rings. The van der Waals surface area contributed by atoms with Gasteiger partial charge in [-0.05, 0) is 37.1 Å². The third-order valence-corrected chi connectivity index (χ3v) is 4.28. The van der Waals surface area contributed by atoms with Gasteiger partial charge < -0.3 is 10.6 Å². The summed E-state index contributed by atoms with van der Waals surface area (Å²) in [6.45, 7) is 3.66. The van der Waals surface area contributed by atoms with Gasteiger partial charge in [0.05, 0.1) is 10.8 Å². The third-order valence-electron chi connectivity index (χ3n) is 3.37. The second-order valence-electron chi connectivity index (χ2n) is 5.26. The van der Waals surface area contributed by atoms with Crippen molar-refractivity contribution in [3.63, 3.8) is 0 Å². The standard InChI is InChI=1S/C13H19N3O3S/c1-9-5-10(8-15-7-9)13(17)16-11-3-2-4-12(6-11)20(14,18)19/h2-4,6,9-10,15H,5,7-8H2,1H3,(H,16,17)(H2,14,18,19). The van der Waals surface area contributed by atoms with Gasteiger partial charge in [-0.2, -0.15) is 0 Å². The van der Waals surface area contributed by atoms with Crippen LogP contribution in [0.15, 0.2) is 29.2 Å². The fraction of sp³-hybridized carbons (Fsp3) is 0.462. The molecule has 1 saturated heterocycles. The van der Waals surface area contributed by atoms with Crippen LogP contribution < -0.4 is 15.8 Å². The molecule has 0 aromatic heterocycles. The first-order valence-corrected chi connectivity index (χ1v) is 8.05. The summed E-state index contributed by atoms with van der Waals surface area (Å²) in [5.41, 5.74) is 0.444. The smallest absolute Gasteiger partial charge is 0.238 e. The molecule has 0 saturated carbocycles. The minimum absolute atomic E-state index is 0.00885. The number of anilines is 1. The Morgan fingerprint density at radius 3 is 2.80 bits per heavy atom. The average molecular weight is 297 g/mol. The number of amides is 1. The number of nitrogens with one attached hydrogen (secondary N) is 2. The van der Waals surface area contributed by atoms with Crippen molar-refractivity contribution in [3.05, 3.63) is 24.3 Å². The van der Waals surface area contributed by atoms with Crippen LogP contribution in [-0.2, 0) is 14.8 Å².